The van der Waals surface area contributed by atoms with Crippen LogP contribution < -0.4 is 5.32 Å². The zero-order valence-electron chi connectivity index (χ0n) is 12.4. The van der Waals surface area contributed by atoms with Crippen molar-refractivity contribution in [3.8, 4) is 0 Å². The molecular weight excluding hydrogens is 266 g/mol. The standard InChI is InChI=1S/C17H23NO3/c1-14(15-6-3-2-4-7-15)10-18-11-16(19)12-20-13-17-8-5-9-21-17/h2-9,14,16,18-19H,10-13H2,1H3. The van der Waals surface area contributed by atoms with Gasteiger partial charge in [-0.1, -0.05) is 37.3 Å². The summed E-state index contributed by atoms with van der Waals surface area (Å²) >= 11 is 0. The maximum absolute atomic E-state index is 9.84. The third kappa shape index (κ3) is 5.71. The van der Waals surface area contributed by atoms with Gasteiger partial charge in [-0.3, -0.25) is 0 Å². The number of hydrogen-bond acceptors (Lipinski definition) is 4. The quantitative estimate of drug-likeness (QED) is 0.745. The number of rotatable bonds is 9. The van der Waals surface area contributed by atoms with Gasteiger partial charge in [-0.25, -0.2) is 0 Å². The fourth-order valence-electron chi connectivity index (χ4n) is 2.12. The number of hydrogen-bond donors (Lipinski definition) is 2. The van der Waals surface area contributed by atoms with Crippen LogP contribution in [0.1, 0.15) is 24.2 Å². The molecule has 4 heteroatoms. The molecule has 0 amide bonds. The highest BCUT2D eigenvalue weighted by molar-refractivity contribution is 5.18. The molecule has 0 fully saturated rings. The van der Waals surface area contributed by atoms with E-state index in [0.29, 0.717) is 25.7 Å². The van der Waals surface area contributed by atoms with Crippen LogP contribution in [0.2, 0.25) is 0 Å². The zero-order chi connectivity index (χ0) is 14.9. The second-order valence-corrected chi connectivity index (χ2v) is 5.22. The molecule has 0 aliphatic carbocycles. The molecule has 2 aromatic rings. The summed E-state index contributed by atoms with van der Waals surface area (Å²) in [7, 11) is 0. The second-order valence-electron chi connectivity index (χ2n) is 5.22. The number of aliphatic hydroxyl groups is 1. The minimum absolute atomic E-state index is 0.299. The van der Waals surface area contributed by atoms with E-state index in [-0.39, 0.29) is 0 Å². The molecule has 1 aromatic heterocycles. The molecule has 0 spiro atoms. The normalized spacial score (nSPS) is 14.0. The van der Waals surface area contributed by atoms with Crippen LogP contribution >= 0.6 is 0 Å². The predicted octanol–water partition coefficient (Wildman–Crippen LogP) is 2.55. The van der Waals surface area contributed by atoms with Gasteiger partial charge in [-0.05, 0) is 23.6 Å². The van der Waals surface area contributed by atoms with E-state index in [0.717, 1.165) is 12.3 Å². The Morgan fingerprint density at radius 2 is 1.95 bits per heavy atom. The molecule has 4 nitrogen and oxygen atoms in total. The highest BCUT2D eigenvalue weighted by Gasteiger charge is 2.08. The summed E-state index contributed by atoms with van der Waals surface area (Å²) in [4.78, 5) is 0. The number of ether oxygens (including phenoxy) is 1. The summed E-state index contributed by atoms with van der Waals surface area (Å²) < 4.78 is 10.6. The van der Waals surface area contributed by atoms with Gasteiger partial charge < -0.3 is 19.6 Å². The summed E-state index contributed by atoms with van der Waals surface area (Å²) in [5, 5.41) is 13.1. The largest absolute Gasteiger partial charge is 0.467 e. The summed E-state index contributed by atoms with van der Waals surface area (Å²) in [6.45, 7) is 4.22. The zero-order valence-corrected chi connectivity index (χ0v) is 12.4. The minimum Gasteiger partial charge on any atom is -0.467 e. The van der Waals surface area contributed by atoms with E-state index in [1.54, 1.807) is 6.26 Å². The van der Waals surface area contributed by atoms with Crippen LogP contribution in [0, 0.1) is 0 Å². The first-order chi connectivity index (χ1) is 10.3. The first-order valence-corrected chi connectivity index (χ1v) is 7.29. The van der Waals surface area contributed by atoms with Crippen molar-refractivity contribution in [2.24, 2.45) is 0 Å². The van der Waals surface area contributed by atoms with Gasteiger partial charge in [0.05, 0.1) is 19.0 Å². The molecule has 1 heterocycles. The molecule has 0 radical (unpaired) electrons. The van der Waals surface area contributed by atoms with E-state index in [4.69, 9.17) is 9.15 Å². The van der Waals surface area contributed by atoms with Crippen molar-refractivity contribution < 1.29 is 14.3 Å². The van der Waals surface area contributed by atoms with E-state index < -0.39 is 6.10 Å². The van der Waals surface area contributed by atoms with Gasteiger partial charge in [0.1, 0.15) is 12.4 Å². The van der Waals surface area contributed by atoms with Gasteiger partial charge in [0.15, 0.2) is 0 Å². The monoisotopic (exact) mass is 289 g/mol. The van der Waals surface area contributed by atoms with Gasteiger partial charge in [0, 0.05) is 13.1 Å². The maximum atomic E-state index is 9.84. The Morgan fingerprint density at radius 1 is 1.14 bits per heavy atom. The van der Waals surface area contributed by atoms with Crippen LogP contribution in [0.4, 0.5) is 0 Å². The molecule has 2 atom stereocenters. The Hall–Kier alpha value is -1.62. The fraction of sp³-hybridized carbons (Fsp3) is 0.412. The van der Waals surface area contributed by atoms with Crippen molar-refractivity contribution in [2.45, 2.75) is 25.6 Å². The smallest absolute Gasteiger partial charge is 0.129 e. The number of nitrogens with one attached hydrogen (secondary N) is 1. The lowest BCUT2D eigenvalue weighted by molar-refractivity contribution is 0.0226. The van der Waals surface area contributed by atoms with Crippen LogP contribution in [0.15, 0.2) is 53.1 Å². The van der Waals surface area contributed by atoms with E-state index in [2.05, 4.69) is 24.4 Å². The third-order valence-electron chi connectivity index (χ3n) is 3.33. The maximum Gasteiger partial charge on any atom is 0.129 e. The average molecular weight is 289 g/mol. The van der Waals surface area contributed by atoms with Crippen molar-refractivity contribution in [2.75, 3.05) is 19.7 Å². The van der Waals surface area contributed by atoms with Gasteiger partial charge in [0.25, 0.3) is 0 Å². The second kappa shape index (κ2) is 8.62. The lowest BCUT2D eigenvalue weighted by atomic mass is 10.0. The average Bonchev–Trinajstić information content (AvgIpc) is 3.01. The number of benzene rings is 1. The molecule has 0 saturated carbocycles. The molecule has 2 N–H and O–H groups in total. The SMILES string of the molecule is CC(CNCC(O)COCc1ccco1)c1ccccc1. The Bertz CT molecular complexity index is 484. The van der Waals surface area contributed by atoms with E-state index >= 15 is 0 Å². The molecule has 2 unspecified atom stereocenters. The molecular formula is C17H23NO3. The van der Waals surface area contributed by atoms with E-state index in [9.17, 15) is 5.11 Å². The summed E-state index contributed by atoms with van der Waals surface area (Å²) in [6.07, 6.45) is 1.10. The summed E-state index contributed by atoms with van der Waals surface area (Å²) in [6, 6.07) is 14.0. The van der Waals surface area contributed by atoms with Crippen molar-refractivity contribution in [1.29, 1.82) is 0 Å². The molecule has 0 aliphatic heterocycles. The Balaban J connectivity index is 1.57. The lowest BCUT2D eigenvalue weighted by Crippen LogP contribution is -2.32. The molecule has 114 valence electrons. The molecule has 0 saturated heterocycles. The molecule has 21 heavy (non-hydrogen) atoms. The number of furan rings is 1. The Morgan fingerprint density at radius 3 is 2.67 bits per heavy atom. The molecule has 0 aliphatic rings. The van der Waals surface area contributed by atoms with Crippen LogP contribution in [-0.4, -0.2) is 30.9 Å². The summed E-state index contributed by atoms with van der Waals surface area (Å²) in [5.74, 6) is 1.19. The highest BCUT2D eigenvalue weighted by atomic mass is 16.5. The van der Waals surface area contributed by atoms with Crippen molar-refractivity contribution in [3.63, 3.8) is 0 Å². The van der Waals surface area contributed by atoms with Gasteiger partial charge in [-0.15, -0.1) is 0 Å². The predicted molar refractivity (Wildman–Crippen MR) is 82.1 cm³/mol. The van der Waals surface area contributed by atoms with Crippen LogP contribution in [0.3, 0.4) is 0 Å². The first kappa shape index (κ1) is 15.8. The van der Waals surface area contributed by atoms with E-state index in [1.807, 2.05) is 30.3 Å². The number of aliphatic hydroxyl groups excluding tert-OH is 1. The first-order valence-electron chi connectivity index (χ1n) is 7.29. The fourth-order valence-corrected chi connectivity index (χ4v) is 2.12. The van der Waals surface area contributed by atoms with Gasteiger partial charge >= 0.3 is 0 Å². The van der Waals surface area contributed by atoms with Gasteiger partial charge in [0.2, 0.25) is 0 Å². The van der Waals surface area contributed by atoms with Crippen LogP contribution in [0.25, 0.3) is 0 Å². The Kier molecular flexibility index (Phi) is 6.47. The molecule has 2 rings (SSSR count). The minimum atomic E-state index is -0.511. The van der Waals surface area contributed by atoms with Crippen LogP contribution in [0.5, 0.6) is 0 Å². The van der Waals surface area contributed by atoms with Crippen molar-refractivity contribution in [1.82, 2.24) is 5.32 Å². The lowest BCUT2D eigenvalue weighted by Gasteiger charge is -2.15. The summed E-state index contributed by atoms with van der Waals surface area (Å²) in [5.41, 5.74) is 1.30. The van der Waals surface area contributed by atoms with E-state index in [1.165, 1.54) is 5.56 Å². The van der Waals surface area contributed by atoms with Crippen molar-refractivity contribution in [3.05, 3.63) is 60.1 Å². The highest BCUT2D eigenvalue weighted by Crippen LogP contribution is 2.12. The molecule has 0 bridgehead atoms. The third-order valence-corrected chi connectivity index (χ3v) is 3.33. The van der Waals surface area contributed by atoms with Crippen LogP contribution in [-0.2, 0) is 11.3 Å². The topological polar surface area (TPSA) is 54.6 Å². The van der Waals surface area contributed by atoms with Gasteiger partial charge in [-0.2, -0.15) is 0 Å². The molecule has 1 aromatic carbocycles. The van der Waals surface area contributed by atoms with Crippen molar-refractivity contribution >= 4 is 0 Å². The Labute approximate surface area is 125 Å².